The minimum Gasteiger partial charge on any atom is -0.467 e. The lowest BCUT2D eigenvalue weighted by Crippen LogP contribution is -2.28. The van der Waals surface area contributed by atoms with Crippen LogP contribution in [0, 0.1) is 0 Å². The van der Waals surface area contributed by atoms with E-state index < -0.39 is 0 Å². The second-order valence-corrected chi connectivity index (χ2v) is 4.78. The highest BCUT2D eigenvalue weighted by atomic mass is 16.3. The molecular weight excluding hydrogens is 224 g/mol. The zero-order chi connectivity index (χ0) is 12.4. The first-order valence-corrected chi connectivity index (χ1v) is 6.46. The first-order chi connectivity index (χ1) is 8.86. The molecule has 0 spiro atoms. The van der Waals surface area contributed by atoms with E-state index >= 15 is 0 Å². The molecule has 0 aliphatic carbocycles. The number of anilines is 1. The first-order valence-electron chi connectivity index (χ1n) is 6.46. The summed E-state index contributed by atoms with van der Waals surface area (Å²) in [5.41, 5.74) is 9.45. The van der Waals surface area contributed by atoms with E-state index in [0.29, 0.717) is 6.54 Å². The summed E-state index contributed by atoms with van der Waals surface area (Å²) < 4.78 is 5.55. The van der Waals surface area contributed by atoms with Gasteiger partial charge >= 0.3 is 0 Å². The number of hydrogen-bond acceptors (Lipinski definition) is 3. The number of hydrogen-bond donors (Lipinski definition) is 1. The third kappa shape index (κ3) is 2.14. The summed E-state index contributed by atoms with van der Waals surface area (Å²) in [6, 6.07) is 10.7. The number of nitrogens with zero attached hydrogens (tertiary/aromatic N) is 1. The Hall–Kier alpha value is -1.74. The predicted octanol–water partition coefficient (Wildman–Crippen LogP) is 2.69. The van der Waals surface area contributed by atoms with E-state index in [2.05, 4.69) is 35.2 Å². The van der Waals surface area contributed by atoms with Gasteiger partial charge < -0.3 is 15.1 Å². The molecule has 18 heavy (non-hydrogen) atoms. The predicted molar refractivity (Wildman–Crippen MR) is 72.4 cm³/mol. The SMILES string of the molecule is NCc1coc(CN2CCCc3ccccc32)c1. The van der Waals surface area contributed by atoms with Gasteiger partial charge in [0.15, 0.2) is 0 Å². The summed E-state index contributed by atoms with van der Waals surface area (Å²) in [7, 11) is 0. The zero-order valence-electron chi connectivity index (χ0n) is 10.4. The fourth-order valence-corrected chi connectivity index (χ4v) is 2.58. The Bertz CT molecular complexity index is 533. The largest absolute Gasteiger partial charge is 0.467 e. The van der Waals surface area contributed by atoms with Crippen molar-refractivity contribution in [2.75, 3.05) is 11.4 Å². The molecule has 0 radical (unpaired) electrons. The molecule has 0 saturated heterocycles. The van der Waals surface area contributed by atoms with Crippen molar-refractivity contribution in [3.63, 3.8) is 0 Å². The van der Waals surface area contributed by atoms with Crippen LogP contribution in [0.3, 0.4) is 0 Å². The standard InChI is InChI=1S/C15H18N2O/c16-9-12-8-14(18-11-12)10-17-7-3-5-13-4-1-2-6-15(13)17/h1-2,4,6,8,11H,3,5,7,9-10,16H2. The Morgan fingerprint density at radius 2 is 2.17 bits per heavy atom. The molecule has 0 amide bonds. The van der Waals surface area contributed by atoms with Crippen LogP contribution >= 0.6 is 0 Å². The van der Waals surface area contributed by atoms with Crippen LogP contribution in [0.5, 0.6) is 0 Å². The van der Waals surface area contributed by atoms with Crippen molar-refractivity contribution in [3.8, 4) is 0 Å². The number of furan rings is 1. The van der Waals surface area contributed by atoms with Crippen molar-refractivity contribution in [1.82, 2.24) is 0 Å². The fraction of sp³-hybridized carbons (Fsp3) is 0.333. The monoisotopic (exact) mass is 242 g/mol. The number of fused-ring (bicyclic) bond motifs is 1. The number of nitrogens with two attached hydrogens (primary N) is 1. The second-order valence-electron chi connectivity index (χ2n) is 4.78. The molecule has 2 heterocycles. The third-order valence-electron chi connectivity index (χ3n) is 3.50. The van der Waals surface area contributed by atoms with E-state index in [0.717, 1.165) is 24.4 Å². The average Bonchev–Trinajstić information content (AvgIpc) is 2.87. The molecule has 0 saturated carbocycles. The third-order valence-corrected chi connectivity index (χ3v) is 3.50. The van der Waals surface area contributed by atoms with E-state index in [9.17, 15) is 0 Å². The van der Waals surface area contributed by atoms with Gasteiger partial charge in [-0.15, -0.1) is 0 Å². The summed E-state index contributed by atoms with van der Waals surface area (Å²) in [6.07, 6.45) is 4.14. The number of para-hydroxylation sites is 1. The van der Waals surface area contributed by atoms with Crippen molar-refractivity contribution < 1.29 is 4.42 Å². The average molecular weight is 242 g/mol. The minimum atomic E-state index is 0.542. The Morgan fingerprint density at radius 3 is 3.00 bits per heavy atom. The maximum atomic E-state index is 5.60. The summed E-state index contributed by atoms with van der Waals surface area (Å²) in [6.45, 7) is 2.47. The van der Waals surface area contributed by atoms with Crippen LogP contribution in [0.25, 0.3) is 0 Å². The molecule has 0 unspecified atom stereocenters. The minimum absolute atomic E-state index is 0.542. The summed E-state index contributed by atoms with van der Waals surface area (Å²) >= 11 is 0. The van der Waals surface area contributed by atoms with Crippen molar-refractivity contribution in [3.05, 3.63) is 53.5 Å². The number of aryl methyl sites for hydroxylation is 1. The van der Waals surface area contributed by atoms with Gasteiger partial charge in [0.2, 0.25) is 0 Å². The Balaban J connectivity index is 1.81. The Kier molecular flexibility index (Phi) is 3.07. The van der Waals surface area contributed by atoms with Gasteiger partial charge in [-0.25, -0.2) is 0 Å². The van der Waals surface area contributed by atoms with E-state index in [4.69, 9.17) is 10.2 Å². The molecule has 3 heteroatoms. The van der Waals surface area contributed by atoms with Gasteiger partial charge in [-0.3, -0.25) is 0 Å². The molecule has 94 valence electrons. The highest BCUT2D eigenvalue weighted by Gasteiger charge is 2.17. The maximum absolute atomic E-state index is 5.60. The first kappa shape index (κ1) is 11.4. The van der Waals surface area contributed by atoms with Gasteiger partial charge in [0.05, 0.1) is 12.8 Å². The van der Waals surface area contributed by atoms with Gasteiger partial charge in [-0.2, -0.15) is 0 Å². The van der Waals surface area contributed by atoms with Crippen molar-refractivity contribution in [1.29, 1.82) is 0 Å². The highest BCUT2D eigenvalue weighted by Crippen LogP contribution is 2.28. The van der Waals surface area contributed by atoms with Crippen LogP contribution in [0.4, 0.5) is 5.69 Å². The van der Waals surface area contributed by atoms with Crippen molar-refractivity contribution >= 4 is 5.69 Å². The second kappa shape index (κ2) is 4.86. The van der Waals surface area contributed by atoms with E-state index in [1.54, 1.807) is 6.26 Å². The molecule has 1 aliphatic rings. The Labute approximate surface area is 107 Å². The molecule has 3 rings (SSSR count). The van der Waals surface area contributed by atoms with E-state index in [-0.39, 0.29) is 0 Å². The molecule has 2 aromatic rings. The van der Waals surface area contributed by atoms with Gasteiger partial charge in [0, 0.05) is 24.3 Å². The maximum Gasteiger partial charge on any atom is 0.123 e. The van der Waals surface area contributed by atoms with Crippen LogP contribution in [-0.2, 0) is 19.5 Å². The van der Waals surface area contributed by atoms with Gasteiger partial charge in [-0.1, -0.05) is 18.2 Å². The summed E-state index contributed by atoms with van der Waals surface area (Å²) in [5, 5.41) is 0. The smallest absolute Gasteiger partial charge is 0.123 e. The summed E-state index contributed by atoms with van der Waals surface area (Å²) in [5.74, 6) is 0.993. The van der Waals surface area contributed by atoms with Crippen LogP contribution in [0.15, 0.2) is 41.0 Å². The highest BCUT2D eigenvalue weighted by molar-refractivity contribution is 5.55. The number of benzene rings is 1. The van der Waals surface area contributed by atoms with Crippen molar-refractivity contribution in [2.45, 2.75) is 25.9 Å². The molecule has 1 aliphatic heterocycles. The summed E-state index contributed by atoms with van der Waals surface area (Å²) in [4.78, 5) is 2.39. The van der Waals surface area contributed by atoms with Crippen LogP contribution in [0.1, 0.15) is 23.3 Å². The quantitative estimate of drug-likeness (QED) is 0.899. The molecule has 1 aromatic carbocycles. The molecule has 0 bridgehead atoms. The van der Waals surface area contributed by atoms with Gasteiger partial charge in [0.1, 0.15) is 5.76 Å². The Morgan fingerprint density at radius 1 is 1.28 bits per heavy atom. The van der Waals surface area contributed by atoms with Crippen LogP contribution in [0.2, 0.25) is 0 Å². The van der Waals surface area contributed by atoms with Crippen LogP contribution in [-0.4, -0.2) is 6.54 Å². The van der Waals surface area contributed by atoms with E-state index in [1.165, 1.54) is 24.1 Å². The lowest BCUT2D eigenvalue weighted by Gasteiger charge is -2.30. The number of rotatable bonds is 3. The van der Waals surface area contributed by atoms with Gasteiger partial charge in [0.25, 0.3) is 0 Å². The molecule has 1 aromatic heterocycles. The van der Waals surface area contributed by atoms with E-state index in [1.807, 2.05) is 0 Å². The normalized spacial score (nSPS) is 14.6. The van der Waals surface area contributed by atoms with Gasteiger partial charge in [-0.05, 0) is 30.5 Å². The lowest BCUT2D eigenvalue weighted by molar-refractivity contribution is 0.496. The molecule has 3 nitrogen and oxygen atoms in total. The fourth-order valence-electron chi connectivity index (χ4n) is 2.58. The topological polar surface area (TPSA) is 42.4 Å². The zero-order valence-corrected chi connectivity index (χ0v) is 10.4. The molecular formula is C15H18N2O. The molecule has 0 atom stereocenters. The lowest BCUT2D eigenvalue weighted by atomic mass is 10.0. The van der Waals surface area contributed by atoms with Crippen molar-refractivity contribution in [2.24, 2.45) is 5.73 Å². The molecule has 2 N–H and O–H groups in total. The van der Waals surface area contributed by atoms with Crippen LogP contribution < -0.4 is 10.6 Å². The molecule has 0 fully saturated rings.